The van der Waals surface area contributed by atoms with Crippen LogP contribution in [0.5, 0.6) is 0 Å². The SMILES string of the molecule is CC(C)(C)c1cc(-c2ccc3c(c2)B2c4ccc(-n5c6ccc7cccc8c9cccc%10ccc5c(c%109)c6c78)cc4N(c4c(-c5ccccc5)cc(C(C)(C)C)cc4-c4cccc(-c5ccccc5)c4)c4cc(C(C)(C)C)cc(c42)N3c2c(-c3ccccc3)cc(C(C)(C)C)cc2-c2cccc(-c3ccccc3)c2)cc(C(C)(C)C)c1. The van der Waals surface area contributed by atoms with Crippen molar-refractivity contribution in [2.24, 2.45) is 0 Å². The lowest BCUT2D eigenvalue weighted by molar-refractivity contribution is 0.569. The van der Waals surface area contributed by atoms with Crippen molar-refractivity contribution in [3.8, 4) is 83.6 Å². The molecule has 0 saturated carbocycles. The predicted octanol–water partition coefficient (Wildman–Crippen LogP) is 29.4. The Morgan fingerprint density at radius 2 is 0.595 bits per heavy atom. The fraction of sp³-hybridized carbons (Fsp3) is 0.179. The molecule has 0 bridgehead atoms. The Bertz CT molecular complexity index is 6810. The van der Waals surface area contributed by atoms with Gasteiger partial charge in [-0.1, -0.05) is 347 Å². The van der Waals surface area contributed by atoms with Gasteiger partial charge in [0, 0.05) is 61.5 Å². The lowest BCUT2D eigenvalue weighted by atomic mass is 9.33. The van der Waals surface area contributed by atoms with Crippen molar-refractivity contribution in [3.05, 3.63) is 349 Å². The first-order valence-corrected chi connectivity index (χ1v) is 41.6. The van der Waals surface area contributed by atoms with Crippen LogP contribution in [-0.2, 0) is 27.1 Å². The van der Waals surface area contributed by atoms with E-state index in [1.165, 1.54) is 143 Å². The van der Waals surface area contributed by atoms with Gasteiger partial charge in [0.2, 0.25) is 0 Å². The van der Waals surface area contributed by atoms with Crippen LogP contribution in [0.4, 0.5) is 34.1 Å². The molecule has 20 rings (SSSR count). The number of nitrogens with zero attached hydrogens (tertiary/aromatic N) is 3. The van der Waals surface area contributed by atoms with Crippen molar-refractivity contribution in [2.75, 3.05) is 9.80 Å². The standard InChI is InChI=1S/C112H98BN3/c1-108(2,3)81-58-80(59-82(61-81)109(4,5)6)77-50-53-95-94(60-77)113-93-52-51-86(114-96-54-48-73-40-30-46-87-88-47-31-41-74-49-55-97(114)104(102(74)88)103(96)101(73)87)68-98(93)116(107-90(72-38-26-19-27-39-72)63-84(111(10,11)12)65-92(107)79-45-29-43-76(57-79)70-34-22-17-23-35-70)100-67-85(112(13,14)15)66-99(105(100)113)115(95)106-89(71-36-24-18-25-37-71)62-83(110(7,8)9)64-91(106)78-44-28-42-75(56-78)69-32-20-16-21-33-69/h16-68H,1-15H3. The Morgan fingerprint density at radius 1 is 0.224 bits per heavy atom. The van der Waals surface area contributed by atoms with Crippen LogP contribution in [0.2, 0.25) is 0 Å². The van der Waals surface area contributed by atoms with E-state index in [0.717, 1.165) is 73.2 Å². The number of rotatable bonds is 10. The molecule has 0 unspecified atom stereocenters. The highest BCUT2D eigenvalue weighted by Gasteiger charge is 2.47. The van der Waals surface area contributed by atoms with Gasteiger partial charge in [-0.3, -0.25) is 0 Å². The van der Waals surface area contributed by atoms with Crippen molar-refractivity contribution >= 4 is 111 Å². The highest BCUT2D eigenvalue weighted by Crippen LogP contribution is 2.57. The van der Waals surface area contributed by atoms with Crippen LogP contribution in [-0.4, -0.2) is 11.3 Å². The van der Waals surface area contributed by atoms with Crippen molar-refractivity contribution < 1.29 is 0 Å². The van der Waals surface area contributed by atoms with Gasteiger partial charge in [-0.15, -0.1) is 0 Å². The Hall–Kier alpha value is -12.5. The molecule has 0 fully saturated rings. The first kappa shape index (κ1) is 72.5. The largest absolute Gasteiger partial charge is 0.310 e. The first-order valence-electron chi connectivity index (χ1n) is 41.6. The van der Waals surface area contributed by atoms with E-state index in [-0.39, 0.29) is 33.8 Å². The van der Waals surface area contributed by atoms with Crippen LogP contribution in [0.3, 0.4) is 0 Å². The average molecular weight is 1500 g/mol. The van der Waals surface area contributed by atoms with Crippen LogP contribution in [0, 0.1) is 0 Å². The minimum absolute atomic E-state index is 0.116. The highest BCUT2D eigenvalue weighted by molar-refractivity contribution is 7.00. The molecule has 0 N–H and O–H groups in total. The molecule has 3 nitrogen and oxygen atoms in total. The molecule has 0 atom stereocenters. The number of hydrogen-bond acceptors (Lipinski definition) is 2. The van der Waals surface area contributed by atoms with Crippen LogP contribution in [0.1, 0.15) is 132 Å². The quantitative estimate of drug-likeness (QED) is 0.0768. The van der Waals surface area contributed by atoms with Gasteiger partial charge >= 0.3 is 0 Å². The van der Waals surface area contributed by atoms with E-state index in [1.54, 1.807) is 0 Å². The lowest BCUT2D eigenvalue weighted by Gasteiger charge is -2.47. The molecule has 116 heavy (non-hydrogen) atoms. The normalized spacial score (nSPS) is 13.2. The number of benzene rings is 17. The zero-order chi connectivity index (χ0) is 79.8. The number of aromatic nitrogens is 1. The van der Waals surface area contributed by atoms with Gasteiger partial charge in [-0.2, -0.15) is 0 Å². The van der Waals surface area contributed by atoms with Crippen LogP contribution in [0.15, 0.2) is 322 Å². The topological polar surface area (TPSA) is 11.4 Å². The second kappa shape index (κ2) is 26.5. The van der Waals surface area contributed by atoms with E-state index in [9.17, 15) is 0 Å². The molecule has 2 aliphatic rings. The minimum atomic E-state index is -0.359. The zero-order valence-electron chi connectivity index (χ0n) is 69.5. The molecular formula is C112H98BN3. The van der Waals surface area contributed by atoms with Gasteiger partial charge < -0.3 is 14.4 Å². The van der Waals surface area contributed by atoms with Gasteiger partial charge in [0.05, 0.1) is 22.4 Å². The third kappa shape index (κ3) is 11.9. The van der Waals surface area contributed by atoms with Crippen LogP contribution < -0.4 is 26.2 Å². The zero-order valence-corrected chi connectivity index (χ0v) is 69.5. The summed E-state index contributed by atoms with van der Waals surface area (Å²) >= 11 is 0. The average Bonchev–Trinajstić information content (AvgIpc) is 1.65. The van der Waals surface area contributed by atoms with Crippen molar-refractivity contribution in [3.63, 3.8) is 0 Å². The third-order valence-electron chi connectivity index (χ3n) is 25.4. The van der Waals surface area contributed by atoms with Gasteiger partial charge in [0.25, 0.3) is 6.71 Å². The van der Waals surface area contributed by atoms with Crippen LogP contribution >= 0.6 is 0 Å². The number of anilines is 6. The maximum Gasteiger partial charge on any atom is 0.252 e. The summed E-state index contributed by atoms with van der Waals surface area (Å²) in [6, 6.07) is 125. The van der Waals surface area contributed by atoms with E-state index >= 15 is 0 Å². The van der Waals surface area contributed by atoms with E-state index in [4.69, 9.17) is 0 Å². The molecule has 17 aromatic carbocycles. The third-order valence-corrected chi connectivity index (χ3v) is 25.4. The lowest BCUT2D eigenvalue weighted by Crippen LogP contribution is -2.61. The predicted molar refractivity (Wildman–Crippen MR) is 501 cm³/mol. The molecule has 18 aromatic rings. The molecule has 0 aliphatic carbocycles. The van der Waals surface area contributed by atoms with Crippen molar-refractivity contribution in [2.45, 2.75) is 131 Å². The Balaban J connectivity index is 0.977. The second-order valence-electron chi connectivity index (χ2n) is 38.1. The molecule has 0 amide bonds. The molecular weight excluding hydrogens is 1400 g/mol. The van der Waals surface area contributed by atoms with Crippen molar-refractivity contribution in [1.82, 2.24) is 4.57 Å². The maximum absolute atomic E-state index is 2.79. The van der Waals surface area contributed by atoms with Gasteiger partial charge in [0.1, 0.15) is 0 Å². The van der Waals surface area contributed by atoms with E-state index in [0.29, 0.717) is 0 Å². The summed E-state index contributed by atoms with van der Waals surface area (Å²) in [5.41, 5.74) is 35.9. The molecule has 1 aromatic heterocycles. The van der Waals surface area contributed by atoms with Gasteiger partial charge in [-0.25, -0.2) is 0 Å². The summed E-state index contributed by atoms with van der Waals surface area (Å²) in [5.74, 6) is 0. The van der Waals surface area contributed by atoms with E-state index < -0.39 is 0 Å². The number of fused-ring (bicyclic) bond motifs is 5. The summed E-state index contributed by atoms with van der Waals surface area (Å²) in [6.07, 6.45) is 0. The smallest absolute Gasteiger partial charge is 0.252 e. The highest BCUT2D eigenvalue weighted by atomic mass is 15.2. The molecule has 4 heteroatoms. The maximum atomic E-state index is 2.79. The number of hydrogen-bond donors (Lipinski definition) is 0. The minimum Gasteiger partial charge on any atom is -0.310 e. The fourth-order valence-corrected chi connectivity index (χ4v) is 19.1. The Kier molecular flexibility index (Phi) is 16.6. The van der Waals surface area contributed by atoms with E-state index in [2.05, 4.69) is 440 Å². The molecule has 2 aliphatic heterocycles. The molecule has 0 radical (unpaired) electrons. The molecule has 0 saturated heterocycles. The summed E-state index contributed by atoms with van der Waals surface area (Å²) in [5, 5.41) is 10.4. The second-order valence-corrected chi connectivity index (χ2v) is 38.1. The summed E-state index contributed by atoms with van der Waals surface area (Å²) in [6.45, 7) is 35.4. The van der Waals surface area contributed by atoms with E-state index in [1.807, 2.05) is 0 Å². The van der Waals surface area contributed by atoms with Crippen molar-refractivity contribution in [1.29, 1.82) is 0 Å². The summed E-state index contributed by atoms with van der Waals surface area (Å²) in [4.78, 5) is 5.55. The van der Waals surface area contributed by atoms with Crippen LogP contribution in [0.25, 0.3) is 138 Å². The molecule has 0 spiro atoms. The fourth-order valence-electron chi connectivity index (χ4n) is 19.1. The molecule has 3 heterocycles. The monoisotopic (exact) mass is 1500 g/mol. The summed E-state index contributed by atoms with van der Waals surface area (Å²) < 4.78 is 2.61. The van der Waals surface area contributed by atoms with Gasteiger partial charge in [0.15, 0.2) is 0 Å². The summed E-state index contributed by atoms with van der Waals surface area (Å²) in [7, 11) is 0. The Morgan fingerprint density at radius 3 is 1.03 bits per heavy atom. The first-order chi connectivity index (χ1) is 55.7. The molecule has 564 valence electrons. The van der Waals surface area contributed by atoms with Gasteiger partial charge in [-0.05, 0) is 238 Å². The Labute approximate surface area is 685 Å².